The second kappa shape index (κ2) is 4.74. The predicted octanol–water partition coefficient (Wildman–Crippen LogP) is 1.89. The Morgan fingerprint density at radius 1 is 1.43 bits per heavy atom. The van der Waals surface area contributed by atoms with Crippen molar-refractivity contribution < 1.29 is 4.74 Å². The highest BCUT2D eigenvalue weighted by molar-refractivity contribution is 7.16. The molecule has 8 heteroatoms. The van der Waals surface area contributed by atoms with Crippen LogP contribution in [0.25, 0.3) is 21.5 Å². The molecule has 0 aliphatic carbocycles. The van der Waals surface area contributed by atoms with Gasteiger partial charge in [0.05, 0.1) is 25.1 Å². The molecule has 1 aliphatic heterocycles. The summed E-state index contributed by atoms with van der Waals surface area (Å²) in [6, 6.07) is 1.99. The first-order valence-electron chi connectivity index (χ1n) is 6.46. The van der Waals surface area contributed by atoms with Crippen molar-refractivity contribution in [3.05, 3.63) is 29.1 Å². The quantitative estimate of drug-likeness (QED) is 0.745. The van der Waals surface area contributed by atoms with Crippen LogP contribution in [0.4, 0.5) is 0 Å². The van der Waals surface area contributed by atoms with Gasteiger partial charge in [-0.1, -0.05) is 0 Å². The van der Waals surface area contributed by atoms with Gasteiger partial charge in [-0.2, -0.15) is 5.10 Å². The standard InChI is InChI=1S/C13H12ClN5OS/c14-12-17-10(9-1-2-21-11(9)18-12)8-3-16-19(4-8)13(5-15)6-20-7-13/h1-4H,5-7,15H2. The topological polar surface area (TPSA) is 78.9 Å². The van der Waals surface area contributed by atoms with Gasteiger partial charge in [-0.3, -0.25) is 4.68 Å². The van der Waals surface area contributed by atoms with Crippen molar-refractivity contribution in [3.63, 3.8) is 0 Å². The van der Waals surface area contributed by atoms with Crippen molar-refractivity contribution in [1.29, 1.82) is 0 Å². The Morgan fingerprint density at radius 2 is 2.29 bits per heavy atom. The largest absolute Gasteiger partial charge is 0.376 e. The molecule has 4 rings (SSSR count). The second-order valence-electron chi connectivity index (χ2n) is 5.08. The minimum absolute atomic E-state index is 0.233. The highest BCUT2D eigenvalue weighted by Crippen LogP contribution is 2.32. The first-order valence-corrected chi connectivity index (χ1v) is 7.72. The third-order valence-corrected chi connectivity index (χ3v) is 4.74. The van der Waals surface area contributed by atoms with Gasteiger partial charge in [-0.25, -0.2) is 9.97 Å². The number of fused-ring (bicyclic) bond motifs is 1. The minimum Gasteiger partial charge on any atom is -0.376 e. The number of nitrogens with two attached hydrogens (primary N) is 1. The number of aromatic nitrogens is 4. The van der Waals surface area contributed by atoms with Gasteiger partial charge in [0.1, 0.15) is 10.4 Å². The molecule has 2 N–H and O–H groups in total. The molecular formula is C13H12ClN5OS. The van der Waals surface area contributed by atoms with Crippen molar-refractivity contribution in [2.24, 2.45) is 5.73 Å². The molecule has 1 fully saturated rings. The molecule has 6 nitrogen and oxygen atoms in total. The van der Waals surface area contributed by atoms with Crippen LogP contribution in [0.5, 0.6) is 0 Å². The molecule has 3 aromatic rings. The van der Waals surface area contributed by atoms with Crippen LogP contribution in [-0.4, -0.2) is 39.5 Å². The molecule has 108 valence electrons. The molecule has 0 atom stereocenters. The van der Waals surface area contributed by atoms with Crippen molar-refractivity contribution in [1.82, 2.24) is 19.7 Å². The monoisotopic (exact) mass is 321 g/mol. The lowest BCUT2D eigenvalue weighted by Gasteiger charge is -2.40. The average molecular weight is 322 g/mol. The first-order chi connectivity index (χ1) is 10.2. The zero-order valence-electron chi connectivity index (χ0n) is 11.0. The fourth-order valence-electron chi connectivity index (χ4n) is 2.44. The number of hydrogen-bond donors (Lipinski definition) is 1. The lowest BCUT2D eigenvalue weighted by atomic mass is 9.98. The molecule has 0 saturated carbocycles. The van der Waals surface area contributed by atoms with Gasteiger partial charge in [-0.15, -0.1) is 11.3 Å². The summed E-state index contributed by atoms with van der Waals surface area (Å²) >= 11 is 7.55. The SMILES string of the molecule is NCC1(n2cc(-c3nc(Cl)nc4sccc34)cn2)COC1. The van der Waals surface area contributed by atoms with Crippen LogP contribution in [0.3, 0.4) is 0 Å². The van der Waals surface area contributed by atoms with Crippen molar-refractivity contribution >= 4 is 33.2 Å². The van der Waals surface area contributed by atoms with Crippen LogP contribution in [0.2, 0.25) is 5.28 Å². The van der Waals surface area contributed by atoms with Gasteiger partial charge < -0.3 is 10.5 Å². The van der Waals surface area contributed by atoms with Crippen molar-refractivity contribution in [3.8, 4) is 11.3 Å². The molecule has 4 heterocycles. The smallest absolute Gasteiger partial charge is 0.224 e. The maximum atomic E-state index is 6.01. The third-order valence-electron chi connectivity index (χ3n) is 3.76. The summed E-state index contributed by atoms with van der Waals surface area (Å²) in [5, 5.41) is 7.64. The Hall–Kier alpha value is -1.54. The molecule has 21 heavy (non-hydrogen) atoms. The summed E-state index contributed by atoms with van der Waals surface area (Å²) in [6.07, 6.45) is 3.73. The maximum absolute atomic E-state index is 6.01. The number of ether oxygens (including phenoxy) is 1. The number of nitrogens with zero attached hydrogens (tertiary/aromatic N) is 4. The highest BCUT2D eigenvalue weighted by Gasteiger charge is 2.40. The summed E-state index contributed by atoms with van der Waals surface area (Å²) < 4.78 is 7.16. The molecule has 0 unspecified atom stereocenters. The third kappa shape index (κ3) is 1.96. The van der Waals surface area contributed by atoms with Gasteiger partial charge in [0.25, 0.3) is 0 Å². The number of halogens is 1. The van der Waals surface area contributed by atoms with E-state index in [4.69, 9.17) is 22.1 Å². The van der Waals surface area contributed by atoms with E-state index >= 15 is 0 Å². The molecule has 0 bridgehead atoms. The van der Waals surface area contributed by atoms with Crippen LogP contribution in [0, 0.1) is 0 Å². The van der Waals surface area contributed by atoms with E-state index in [-0.39, 0.29) is 10.8 Å². The van der Waals surface area contributed by atoms with Gasteiger partial charge in [0, 0.05) is 23.7 Å². The summed E-state index contributed by atoms with van der Waals surface area (Å²) in [6.45, 7) is 1.67. The van der Waals surface area contributed by atoms with Crippen molar-refractivity contribution in [2.75, 3.05) is 19.8 Å². The van der Waals surface area contributed by atoms with E-state index in [1.165, 1.54) is 0 Å². The van der Waals surface area contributed by atoms with Gasteiger partial charge in [0.15, 0.2) is 0 Å². The van der Waals surface area contributed by atoms with Crippen molar-refractivity contribution in [2.45, 2.75) is 5.54 Å². The van der Waals surface area contributed by atoms with Gasteiger partial charge in [-0.05, 0) is 23.0 Å². The normalized spacial score (nSPS) is 17.0. The Labute approximate surface area is 129 Å². The van der Waals surface area contributed by atoms with Crippen LogP contribution >= 0.6 is 22.9 Å². The molecule has 3 aromatic heterocycles. The fourth-order valence-corrected chi connectivity index (χ4v) is 3.42. The average Bonchev–Trinajstić information content (AvgIpc) is 3.06. The first kappa shape index (κ1) is 13.1. The highest BCUT2D eigenvalue weighted by atomic mass is 35.5. The summed E-state index contributed by atoms with van der Waals surface area (Å²) in [7, 11) is 0. The molecule has 0 radical (unpaired) electrons. The summed E-state index contributed by atoms with van der Waals surface area (Å²) in [5.74, 6) is 0. The molecule has 0 amide bonds. The second-order valence-corrected chi connectivity index (χ2v) is 6.31. The van der Waals surface area contributed by atoms with Crippen LogP contribution < -0.4 is 5.73 Å². The zero-order valence-corrected chi connectivity index (χ0v) is 12.6. The number of hydrogen-bond acceptors (Lipinski definition) is 6. The van der Waals surface area contributed by atoms with E-state index < -0.39 is 0 Å². The zero-order chi connectivity index (χ0) is 14.4. The Balaban J connectivity index is 1.83. The summed E-state index contributed by atoms with van der Waals surface area (Å²) in [4.78, 5) is 9.45. The number of rotatable bonds is 3. The lowest BCUT2D eigenvalue weighted by Crippen LogP contribution is -2.56. The van der Waals surface area contributed by atoms with Gasteiger partial charge in [0.2, 0.25) is 5.28 Å². The molecular weight excluding hydrogens is 310 g/mol. The lowest BCUT2D eigenvalue weighted by molar-refractivity contribution is -0.101. The van der Waals surface area contributed by atoms with E-state index in [0.29, 0.717) is 19.8 Å². The van der Waals surface area contributed by atoms with E-state index in [9.17, 15) is 0 Å². The van der Waals surface area contributed by atoms with Crippen LogP contribution in [-0.2, 0) is 10.3 Å². The molecule has 0 spiro atoms. The minimum atomic E-state index is -0.233. The fraction of sp³-hybridized carbons (Fsp3) is 0.308. The Morgan fingerprint density at radius 3 is 3.00 bits per heavy atom. The van der Waals surface area contributed by atoms with Crippen LogP contribution in [0.15, 0.2) is 23.8 Å². The molecule has 0 aromatic carbocycles. The number of thiophene rings is 1. The molecule has 1 saturated heterocycles. The maximum Gasteiger partial charge on any atom is 0.224 e. The summed E-state index contributed by atoms with van der Waals surface area (Å²) in [5.41, 5.74) is 7.33. The predicted molar refractivity (Wildman–Crippen MR) is 81.5 cm³/mol. The van der Waals surface area contributed by atoms with E-state index in [1.54, 1.807) is 17.5 Å². The van der Waals surface area contributed by atoms with E-state index in [1.807, 2.05) is 22.3 Å². The Bertz CT molecular complexity index is 804. The van der Waals surface area contributed by atoms with E-state index in [2.05, 4.69) is 15.1 Å². The van der Waals surface area contributed by atoms with Crippen LogP contribution in [0.1, 0.15) is 0 Å². The van der Waals surface area contributed by atoms with E-state index in [0.717, 1.165) is 21.5 Å². The van der Waals surface area contributed by atoms with Gasteiger partial charge >= 0.3 is 0 Å². The Kier molecular flexibility index (Phi) is 2.97. The molecule has 1 aliphatic rings.